The molecule has 3 nitrogen and oxygen atoms in total. The molecule has 2 rings (SSSR count). The lowest BCUT2D eigenvalue weighted by Crippen LogP contribution is -2.43. The Morgan fingerprint density at radius 1 is 1.35 bits per heavy atom. The molecule has 2 N–H and O–H groups in total. The number of carbonyl (C=O) groups is 1. The minimum absolute atomic E-state index is 0.118. The number of nitrogens with one attached hydrogen (secondary N) is 1. The smallest absolute Gasteiger partial charge is 0.223 e. The summed E-state index contributed by atoms with van der Waals surface area (Å²) in [5.74, 6) is 0.715. The van der Waals surface area contributed by atoms with Gasteiger partial charge < -0.3 is 10.4 Å². The van der Waals surface area contributed by atoms with Crippen molar-refractivity contribution in [2.45, 2.75) is 58.5 Å². The molecule has 1 amide bonds. The molecule has 98 valence electrons. The van der Waals surface area contributed by atoms with Gasteiger partial charge in [0.05, 0.1) is 6.10 Å². The molecule has 3 heteroatoms. The number of hydrogen-bond acceptors (Lipinski definition) is 2. The van der Waals surface area contributed by atoms with Gasteiger partial charge in [-0.2, -0.15) is 0 Å². The highest BCUT2D eigenvalue weighted by Gasteiger charge is 2.37. The highest BCUT2D eigenvalue weighted by Crippen LogP contribution is 2.40. The Balaban J connectivity index is 1.81. The molecule has 0 spiro atoms. The van der Waals surface area contributed by atoms with E-state index in [9.17, 15) is 9.90 Å². The SMILES string of the molecule is CC1(C)CCCCC1C(=O)NCC(O)C1CC1. The van der Waals surface area contributed by atoms with E-state index >= 15 is 0 Å². The summed E-state index contributed by atoms with van der Waals surface area (Å²) in [6.45, 7) is 4.82. The number of aliphatic hydroxyl groups excluding tert-OH is 1. The van der Waals surface area contributed by atoms with Gasteiger partial charge in [0, 0.05) is 12.5 Å². The molecule has 0 bridgehead atoms. The van der Waals surface area contributed by atoms with Crippen molar-refractivity contribution in [1.82, 2.24) is 5.32 Å². The second-order valence-corrected chi connectivity index (χ2v) is 6.44. The zero-order valence-corrected chi connectivity index (χ0v) is 11.0. The lowest BCUT2D eigenvalue weighted by atomic mass is 9.68. The first kappa shape index (κ1) is 12.9. The van der Waals surface area contributed by atoms with Crippen molar-refractivity contribution in [3.63, 3.8) is 0 Å². The normalized spacial score (nSPS) is 29.7. The highest BCUT2D eigenvalue weighted by molar-refractivity contribution is 5.79. The molecule has 2 fully saturated rings. The fourth-order valence-corrected chi connectivity index (χ4v) is 2.96. The van der Waals surface area contributed by atoms with Crippen LogP contribution in [0.1, 0.15) is 52.4 Å². The number of amides is 1. The number of rotatable bonds is 4. The van der Waals surface area contributed by atoms with Gasteiger partial charge in [0.1, 0.15) is 0 Å². The highest BCUT2D eigenvalue weighted by atomic mass is 16.3. The predicted molar refractivity (Wildman–Crippen MR) is 67.5 cm³/mol. The first-order valence-corrected chi connectivity index (χ1v) is 6.96. The molecule has 2 saturated carbocycles. The van der Waals surface area contributed by atoms with Crippen molar-refractivity contribution in [3.05, 3.63) is 0 Å². The average Bonchev–Trinajstić information content (AvgIpc) is 3.08. The van der Waals surface area contributed by atoms with Gasteiger partial charge in [-0.1, -0.05) is 26.7 Å². The van der Waals surface area contributed by atoms with E-state index in [0.29, 0.717) is 12.5 Å². The maximum atomic E-state index is 12.1. The van der Waals surface area contributed by atoms with E-state index in [1.165, 1.54) is 6.42 Å². The summed E-state index contributed by atoms with van der Waals surface area (Å²) >= 11 is 0. The van der Waals surface area contributed by atoms with Gasteiger partial charge in [0.25, 0.3) is 0 Å². The summed E-state index contributed by atoms with van der Waals surface area (Å²) in [7, 11) is 0. The van der Waals surface area contributed by atoms with Crippen molar-refractivity contribution < 1.29 is 9.90 Å². The summed E-state index contributed by atoms with van der Waals surface area (Å²) in [6.07, 6.45) is 6.44. The monoisotopic (exact) mass is 239 g/mol. The van der Waals surface area contributed by atoms with Crippen LogP contribution in [-0.2, 0) is 4.79 Å². The molecule has 0 saturated heterocycles. The first-order chi connectivity index (χ1) is 8.00. The third-order valence-electron chi connectivity index (χ3n) is 4.48. The van der Waals surface area contributed by atoms with E-state index in [1.807, 2.05) is 0 Å². The van der Waals surface area contributed by atoms with Crippen LogP contribution in [0.25, 0.3) is 0 Å². The van der Waals surface area contributed by atoms with Crippen LogP contribution in [0.3, 0.4) is 0 Å². The summed E-state index contributed by atoms with van der Waals surface area (Å²) < 4.78 is 0. The van der Waals surface area contributed by atoms with Crippen LogP contribution in [0.15, 0.2) is 0 Å². The Labute approximate surface area is 104 Å². The van der Waals surface area contributed by atoms with Gasteiger partial charge in [0.15, 0.2) is 0 Å². The van der Waals surface area contributed by atoms with E-state index in [4.69, 9.17) is 0 Å². The molecular weight excluding hydrogens is 214 g/mol. The van der Waals surface area contributed by atoms with Crippen LogP contribution in [0, 0.1) is 17.3 Å². The minimum atomic E-state index is -0.328. The first-order valence-electron chi connectivity index (χ1n) is 6.96. The molecule has 17 heavy (non-hydrogen) atoms. The Morgan fingerprint density at radius 2 is 2.06 bits per heavy atom. The van der Waals surface area contributed by atoms with Crippen LogP contribution < -0.4 is 5.32 Å². The van der Waals surface area contributed by atoms with Crippen molar-refractivity contribution in [3.8, 4) is 0 Å². The fraction of sp³-hybridized carbons (Fsp3) is 0.929. The van der Waals surface area contributed by atoms with Gasteiger partial charge in [0.2, 0.25) is 5.91 Å². The van der Waals surface area contributed by atoms with Gasteiger partial charge in [-0.3, -0.25) is 4.79 Å². The Hall–Kier alpha value is -0.570. The lowest BCUT2D eigenvalue weighted by molar-refractivity contribution is -0.130. The molecule has 0 heterocycles. The van der Waals surface area contributed by atoms with Gasteiger partial charge in [-0.15, -0.1) is 0 Å². The third-order valence-corrected chi connectivity index (χ3v) is 4.48. The molecule has 2 aliphatic carbocycles. The molecule has 0 aromatic heterocycles. The van der Waals surface area contributed by atoms with Crippen molar-refractivity contribution >= 4 is 5.91 Å². The van der Waals surface area contributed by atoms with Crippen molar-refractivity contribution in [2.75, 3.05) is 6.54 Å². The molecule has 0 aliphatic heterocycles. The summed E-state index contributed by atoms with van der Waals surface area (Å²) in [5, 5.41) is 12.7. The largest absolute Gasteiger partial charge is 0.391 e. The zero-order chi connectivity index (χ0) is 12.5. The predicted octanol–water partition coefficient (Wildman–Crippen LogP) is 2.09. The number of aliphatic hydroxyl groups is 1. The molecule has 2 atom stereocenters. The van der Waals surface area contributed by atoms with Gasteiger partial charge >= 0.3 is 0 Å². The lowest BCUT2D eigenvalue weighted by Gasteiger charge is -2.37. The maximum Gasteiger partial charge on any atom is 0.223 e. The van der Waals surface area contributed by atoms with Crippen molar-refractivity contribution in [2.24, 2.45) is 17.3 Å². The summed E-state index contributed by atoms with van der Waals surface area (Å²) in [6, 6.07) is 0. The molecule has 0 radical (unpaired) electrons. The Morgan fingerprint density at radius 3 is 2.65 bits per heavy atom. The summed E-state index contributed by atoms with van der Waals surface area (Å²) in [5.41, 5.74) is 0.118. The standard InChI is InChI=1S/C14H25NO2/c1-14(2)8-4-3-5-11(14)13(17)15-9-12(16)10-6-7-10/h10-12,16H,3-9H2,1-2H3,(H,15,17). The minimum Gasteiger partial charge on any atom is -0.391 e. The second-order valence-electron chi connectivity index (χ2n) is 6.44. The molecule has 2 unspecified atom stereocenters. The van der Waals surface area contributed by atoms with Gasteiger partial charge in [-0.05, 0) is 37.0 Å². The number of carbonyl (C=O) groups excluding carboxylic acids is 1. The third kappa shape index (κ3) is 3.21. The molecular formula is C14H25NO2. The second kappa shape index (κ2) is 4.97. The van der Waals surface area contributed by atoms with Crippen LogP contribution in [0.5, 0.6) is 0 Å². The average molecular weight is 239 g/mol. The Kier molecular flexibility index (Phi) is 3.76. The van der Waals surface area contributed by atoms with Crippen LogP contribution in [-0.4, -0.2) is 23.7 Å². The topological polar surface area (TPSA) is 49.3 Å². The number of hydrogen-bond donors (Lipinski definition) is 2. The maximum absolute atomic E-state index is 12.1. The van der Waals surface area contributed by atoms with Crippen LogP contribution in [0.2, 0.25) is 0 Å². The molecule has 0 aromatic rings. The van der Waals surface area contributed by atoms with E-state index in [-0.39, 0.29) is 23.3 Å². The van der Waals surface area contributed by atoms with Crippen molar-refractivity contribution in [1.29, 1.82) is 0 Å². The van der Waals surface area contributed by atoms with Crippen LogP contribution >= 0.6 is 0 Å². The quantitative estimate of drug-likeness (QED) is 0.789. The molecule has 0 aromatic carbocycles. The van der Waals surface area contributed by atoms with Crippen LogP contribution in [0.4, 0.5) is 0 Å². The fourth-order valence-electron chi connectivity index (χ4n) is 2.96. The van der Waals surface area contributed by atoms with Gasteiger partial charge in [-0.25, -0.2) is 0 Å². The van der Waals surface area contributed by atoms with E-state index in [0.717, 1.165) is 32.1 Å². The summed E-state index contributed by atoms with van der Waals surface area (Å²) in [4.78, 5) is 12.1. The van der Waals surface area contributed by atoms with E-state index in [2.05, 4.69) is 19.2 Å². The van der Waals surface area contributed by atoms with E-state index < -0.39 is 0 Å². The molecule has 2 aliphatic rings. The Bertz CT molecular complexity index is 284. The van der Waals surface area contributed by atoms with E-state index in [1.54, 1.807) is 0 Å². The zero-order valence-electron chi connectivity index (χ0n) is 11.0.